The summed E-state index contributed by atoms with van der Waals surface area (Å²) in [4.78, 5) is 3.64. The lowest BCUT2D eigenvalue weighted by molar-refractivity contribution is 0.458. The minimum Gasteiger partial charge on any atom is -0.507 e. The topological polar surface area (TPSA) is 67.3 Å². The van der Waals surface area contributed by atoms with E-state index in [1.165, 1.54) is 24.4 Å². The van der Waals surface area contributed by atoms with Crippen molar-refractivity contribution in [1.82, 2.24) is 4.98 Å². The highest BCUT2D eigenvalue weighted by Crippen LogP contribution is 2.26. The van der Waals surface area contributed by atoms with Gasteiger partial charge in [0.15, 0.2) is 5.03 Å². The summed E-state index contributed by atoms with van der Waals surface area (Å²) < 4.78 is 24.1. The molecule has 16 heavy (non-hydrogen) atoms. The van der Waals surface area contributed by atoms with Gasteiger partial charge in [-0.05, 0) is 24.3 Å². The summed E-state index contributed by atoms with van der Waals surface area (Å²) >= 11 is 0. The SMILES string of the molecule is O=S(=O)(c1ccccn1)c1ccccc1O. The molecule has 0 spiro atoms. The van der Waals surface area contributed by atoms with E-state index in [4.69, 9.17) is 0 Å². The van der Waals surface area contributed by atoms with E-state index < -0.39 is 9.84 Å². The molecular weight excluding hydrogens is 226 g/mol. The number of aromatic hydroxyl groups is 1. The van der Waals surface area contributed by atoms with Gasteiger partial charge in [-0.25, -0.2) is 13.4 Å². The molecule has 1 aromatic heterocycles. The van der Waals surface area contributed by atoms with Crippen LogP contribution in [0.3, 0.4) is 0 Å². The number of sulfone groups is 1. The largest absolute Gasteiger partial charge is 0.507 e. The summed E-state index contributed by atoms with van der Waals surface area (Å²) in [7, 11) is -3.73. The summed E-state index contributed by atoms with van der Waals surface area (Å²) in [5.41, 5.74) is 0. The second kappa shape index (κ2) is 3.94. The Balaban J connectivity index is 2.62. The fraction of sp³-hybridized carbons (Fsp3) is 0. The lowest BCUT2D eigenvalue weighted by atomic mass is 10.3. The standard InChI is InChI=1S/C11H9NO3S/c13-9-5-1-2-6-10(9)16(14,15)11-7-3-4-8-12-11/h1-8,13H. The van der Waals surface area contributed by atoms with Crippen LogP contribution in [0.25, 0.3) is 0 Å². The number of rotatable bonds is 2. The van der Waals surface area contributed by atoms with Crippen LogP contribution in [-0.4, -0.2) is 18.5 Å². The van der Waals surface area contributed by atoms with Crippen LogP contribution in [0.15, 0.2) is 58.6 Å². The Bertz CT molecular complexity index is 594. The van der Waals surface area contributed by atoms with Gasteiger partial charge in [0.2, 0.25) is 9.84 Å². The molecule has 0 fully saturated rings. The van der Waals surface area contributed by atoms with Crippen LogP contribution in [0.4, 0.5) is 0 Å². The molecule has 0 aliphatic carbocycles. The van der Waals surface area contributed by atoms with Gasteiger partial charge in [-0.3, -0.25) is 0 Å². The molecule has 0 atom stereocenters. The van der Waals surface area contributed by atoms with Crippen molar-refractivity contribution in [1.29, 1.82) is 0 Å². The maximum atomic E-state index is 12.0. The Morgan fingerprint density at radius 3 is 2.31 bits per heavy atom. The Morgan fingerprint density at radius 2 is 1.69 bits per heavy atom. The third-order valence-electron chi connectivity index (χ3n) is 2.07. The average Bonchev–Trinajstić information content (AvgIpc) is 2.30. The van der Waals surface area contributed by atoms with Crippen LogP contribution in [0.2, 0.25) is 0 Å². The van der Waals surface area contributed by atoms with E-state index in [0.29, 0.717) is 0 Å². The van der Waals surface area contributed by atoms with E-state index in [2.05, 4.69) is 4.98 Å². The zero-order valence-corrected chi connectivity index (χ0v) is 9.05. The molecule has 0 radical (unpaired) electrons. The van der Waals surface area contributed by atoms with Crippen LogP contribution in [0, 0.1) is 0 Å². The normalized spacial score (nSPS) is 11.2. The molecule has 0 unspecified atom stereocenters. The molecule has 0 amide bonds. The third-order valence-corrected chi connectivity index (χ3v) is 3.78. The van der Waals surface area contributed by atoms with Crippen molar-refractivity contribution in [3.05, 3.63) is 48.7 Å². The van der Waals surface area contributed by atoms with Gasteiger partial charge in [0, 0.05) is 6.20 Å². The Labute approximate surface area is 93.1 Å². The van der Waals surface area contributed by atoms with Gasteiger partial charge < -0.3 is 5.11 Å². The van der Waals surface area contributed by atoms with Crippen molar-refractivity contribution in [2.75, 3.05) is 0 Å². The summed E-state index contributed by atoms with van der Waals surface area (Å²) in [6.07, 6.45) is 1.40. The van der Waals surface area contributed by atoms with E-state index in [0.717, 1.165) is 0 Å². The lowest BCUT2D eigenvalue weighted by Gasteiger charge is -2.04. The van der Waals surface area contributed by atoms with Crippen molar-refractivity contribution in [3.8, 4) is 5.75 Å². The van der Waals surface area contributed by atoms with Crippen LogP contribution in [0.1, 0.15) is 0 Å². The summed E-state index contributed by atoms with van der Waals surface area (Å²) in [6.45, 7) is 0. The van der Waals surface area contributed by atoms with Crippen LogP contribution >= 0.6 is 0 Å². The number of phenolic OH excluding ortho intramolecular Hbond substituents is 1. The molecule has 0 saturated carbocycles. The Morgan fingerprint density at radius 1 is 1.00 bits per heavy atom. The van der Waals surface area contributed by atoms with Gasteiger partial charge in [-0.2, -0.15) is 0 Å². The van der Waals surface area contributed by atoms with Crippen molar-refractivity contribution in [2.45, 2.75) is 9.92 Å². The zero-order chi connectivity index (χ0) is 11.6. The highest BCUT2D eigenvalue weighted by Gasteiger charge is 2.21. The molecule has 82 valence electrons. The van der Waals surface area contributed by atoms with E-state index in [1.54, 1.807) is 24.3 Å². The third kappa shape index (κ3) is 1.77. The zero-order valence-electron chi connectivity index (χ0n) is 8.24. The number of hydrogen-bond acceptors (Lipinski definition) is 4. The molecule has 4 nitrogen and oxygen atoms in total. The molecule has 1 aromatic carbocycles. The first kappa shape index (κ1) is 10.6. The molecule has 0 bridgehead atoms. The first-order chi connectivity index (χ1) is 7.62. The van der Waals surface area contributed by atoms with Gasteiger partial charge in [0.1, 0.15) is 10.6 Å². The number of benzene rings is 1. The summed E-state index contributed by atoms with van der Waals surface area (Å²) in [6, 6.07) is 10.4. The number of hydrogen-bond donors (Lipinski definition) is 1. The van der Waals surface area contributed by atoms with E-state index in [-0.39, 0.29) is 15.7 Å². The predicted octanol–water partition coefficient (Wildman–Crippen LogP) is 1.62. The number of nitrogens with zero attached hydrogens (tertiary/aromatic N) is 1. The lowest BCUT2D eigenvalue weighted by Crippen LogP contribution is -2.04. The molecule has 1 heterocycles. The minimum atomic E-state index is -3.73. The fourth-order valence-corrected chi connectivity index (χ4v) is 2.59. The van der Waals surface area contributed by atoms with Crippen LogP contribution in [-0.2, 0) is 9.84 Å². The highest BCUT2D eigenvalue weighted by molar-refractivity contribution is 7.91. The maximum Gasteiger partial charge on any atom is 0.227 e. The van der Waals surface area contributed by atoms with Gasteiger partial charge in [0.25, 0.3) is 0 Å². The molecular formula is C11H9NO3S. The first-order valence-corrected chi connectivity index (χ1v) is 6.05. The molecule has 0 saturated heterocycles. The van der Waals surface area contributed by atoms with Gasteiger partial charge in [0.05, 0.1) is 0 Å². The number of para-hydroxylation sites is 1. The number of phenols is 1. The van der Waals surface area contributed by atoms with Crippen molar-refractivity contribution < 1.29 is 13.5 Å². The quantitative estimate of drug-likeness (QED) is 0.858. The molecule has 2 aromatic rings. The molecule has 5 heteroatoms. The highest BCUT2D eigenvalue weighted by atomic mass is 32.2. The van der Waals surface area contributed by atoms with Crippen LogP contribution in [0.5, 0.6) is 5.75 Å². The van der Waals surface area contributed by atoms with Crippen molar-refractivity contribution in [3.63, 3.8) is 0 Å². The second-order valence-corrected chi connectivity index (χ2v) is 5.00. The number of pyridine rings is 1. The van der Waals surface area contributed by atoms with Gasteiger partial charge in [-0.1, -0.05) is 18.2 Å². The fourth-order valence-electron chi connectivity index (χ4n) is 1.30. The average molecular weight is 235 g/mol. The van der Waals surface area contributed by atoms with Gasteiger partial charge >= 0.3 is 0 Å². The Kier molecular flexibility index (Phi) is 2.62. The molecule has 0 aliphatic rings. The van der Waals surface area contributed by atoms with E-state index in [1.807, 2.05) is 0 Å². The smallest absolute Gasteiger partial charge is 0.227 e. The van der Waals surface area contributed by atoms with Gasteiger partial charge in [-0.15, -0.1) is 0 Å². The van der Waals surface area contributed by atoms with Crippen molar-refractivity contribution in [2.24, 2.45) is 0 Å². The van der Waals surface area contributed by atoms with E-state index in [9.17, 15) is 13.5 Å². The predicted molar refractivity (Wildman–Crippen MR) is 57.8 cm³/mol. The number of aromatic nitrogens is 1. The molecule has 0 aliphatic heterocycles. The molecule has 2 rings (SSSR count). The monoisotopic (exact) mass is 235 g/mol. The van der Waals surface area contributed by atoms with Crippen molar-refractivity contribution >= 4 is 9.84 Å². The summed E-state index contributed by atoms with van der Waals surface area (Å²) in [5, 5.41) is 9.43. The Hall–Kier alpha value is -1.88. The second-order valence-electron chi connectivity index (χ2n) is 3.14. The van der Waals surface area contributed by atoms with Crippen LogP contribution < -0.4 is 0 Å². The van der Waals surface area contributed by atoms with E-state index >= 15 is 0 Å². The minimum absolute atomic E-state index is 0.0727. The molecule has 1 N–H and O–H groups in total. The first-order valence-electron chi connectivity index (χ1n) is 4.56. The summed E-state index contributed by atoms with van der Waals surface area (Å²) in [5.74, 6) is -0.270. The maximum absolute atomic E-state index is 12.0.